The van der Waals surface area contributed by atoms with Crippen molar-refractivity contribution >= 4 is 0 Å². The van der Waals surface area contributed by atoms with Gasteiger partial charge in [-0.15, -0.1) is 0 Å². The van der Waals surface area contributed by atoms with Gasteiger partial charge in [0.2, 0.25) is 0 Å². The van der Waals surface area contributed by atoms with Crippen molar-refractivity contribution in [3.63, 3.8) is 0 Å². The van der Waals surface area contributed by atoms with Gasteiger partial charge >= 0.3 is 0 Å². The molecule has 0 bridgehead atoms. The number of hydrogen-bond donors (Lipinski definition) is 2. The number of nitrogens with one attached hydrogen (secondary N) is 1. The minimum atomic E-state index is 0.283. The molecule has 0 atom stereocenters. The normalized spacial score (nSPS) is 16.8. The summed E-state index contributed by atoms with van der Waals surface area (Å²) in [4.78, 5) is 2.36. The smallest absolute Gasteiger partial charge is 0.162 e. The van der Waals surface area contributed by atoms with Crippen LogP contribution in [0, 0.1) is 0 Å². The van der Waals surface area contributed by atoms with E-state index in [9.17, 15) is 5.11 Å². The van der Waals surface area contributed by atoms with E-state index in [-0.39, 0.29) is 5.75 Å². The Morgan fingerprint density at radius 3 is 2.58 bits per heavy atom. The maximum Gasteiger partial charge on any atom is 0.162 e. The summed E-state index contributed by atoms with van der Waals surface area (Å²) in [5, 5.41) is 13.6. The highest BCUT2D eigenvalue weighted by Crippen LogP contribution is 2.34. The molecule has 0 unspecified atom stereocenters. The summed E-state index contributed by atoms with van der Waals surface area (Å²) in [6.45, 7) is 9.16. The molecule has 0 aromatic heterocycles. The first-order valence-electron chi connectivity index (χ1n) is 6.94. The van der Waals surface area contributed by atoms with E-state index >= 15 is 0 Å². The summed E-state index contributed by atoms with van der Waals surface area (Å²) in [5.41, 5.74) is 2.17. The van der Waals surface area contributed by atoms with E-state index in [0.29, 0.717) is 11.7 Å². The van der Waals surface area contributed by atoms with Crippen molar-refractivity contribution in [2.45, 2.75) is 26.3 Å². The first-order valence-corrected chi connectivity index (χ1v) is 6.94. The molecule has 1 aliphatic heterocycles. The average molecular weight is 264 g/mol. The molecule has 106 valence electrons. The van der Waals surface area contributed by atoms with Crippen LogP contribution in [-0.4, -0.2) is 43.3 Å². The average Bonchev–Trinajstić information content (AvgIpc) is 2.42. The molecule has 2 N–H and O–H groups in total. The van der Waals surface area contributed by atoms with Gasteiger partial charge in [-0.3, -0.25) is 4.90 Å². The van der Waals surface area contributed by atoms with E-state index in [1.54, 1.807) is 7.11 Å². The third-order valence-electron chi connectivity index (χ3n) is 3.67. The molecule has 0 aliphatic carbocycles. The van der Waals surface area contributed by atoms with Crippen LogP contribution in [0.2, 0.25) is 0 Å². The lowest BCUT2D eigenvalue weighted by atomic mass is 9.99. The third-order valence-corrected chi connectivity index (χ3v) is 3.67. The summed E-state index contributed by atoms with van der Waals surface area (Å²) in [6, 6.07) is 4.03. The second kappa shape index (κ2) is 6.26. The Morgan fingerprint density at radius 2 is 2.00 bits per heavy atom. The predicted octanol–water partition coefficient (Wildman–Crippen LogP) is 1.93. The van der Waals surface area contributed by atoms with E-state index in [0.717, 1.165) is 38.3 Å². The lowest BCUT2D eigenvalue weighted by molar-refractivity contribution is 0.229. The van der Waals surface area contributed by atoms with Crippen molar-refractivity contribution in [3.8, 4) is 11.5 Å². The standard InChI is InChI=1S/C15H24N2O2/c1-11(2)12-8-13(15(18)14(9-12)19-3)10-17-6-4-16-5-7-17/h8-9,11,16,18H,4-7,10H2,1-3H3. The molecule has 1 aromatic carbocycles. The number of aromatic hydroxyl groups is 1. The SMILES string of the molecule is COc1cc(C(C)C)cc(CN2CCNCC2)c1O. The minimum absolute atomic E-state index is 0.283. The molecule has 4 heteroatoms. The molecule has 1 heterocycles. The Labute approximate surface area is 115 Å². The fourth-order valence-electron chi connectivity index (χ4n) is 2.41. The maximum atomic E-state index is 10.3. The number of benzene rings is 1. The number of phenolic OH excluding ortho intramolecular Hbond substituents is 1. The van der Waals surface area contributed by atoms with Gasteiger partial charge in [-0.05, 0) is 17.5 Å². The summed E-state index contributed by atoms with van der Waals surface area (Å²) in [7, 11) is 1.60. The highest BCUT2D eigenvalue weighted by Gasteiger charge is 2.16. The Balaban J connectivity index is 2.24. The van der Waals surface area contributed by atoms with Gasteiger partial charge in [0, 0.05) is 38.3 Å². The fraction of sp³-hybridized carbons (Fsp3) is 0.600. The molecule has 0 saturated carbocycles. The monoisotopic (exact) mass is 264 g/mol. The Kier molecular flexibility index (Phi) is 4.66. The first kappa shape index (κ1) is 14.2. The summed E-state index contributed by atoms with van der Waals surface area (Å²) in [5.74, 6) is 1.29. The summed E-state index contributed by atoms with van der Waals surface area (Å²) >= 11 is 0. The van der Waals surface area contributed by atoms with Gasteiger partial charge in [-0.25, -0.2) is 0 Å². The molecule has 1 aromatic rings. The van der Waals surface area contributed by atoms with Crippen LogP contribution < -0.4 is 10.1 Å². The Hall–Kier alpha value is -1.26. The maximum absolute atomic E-state index is 10.3. The molecule has 1 fully saturated rings. The fourth-order valence-corrected chi connectivity index (χ4v) is 2.41. The quantitative estimate of drug-likeness (QED) is 0.872. The molecule has 0 spiro atoms. The third kappa shape index (κ3) is 3.39. The molecule has 1 saturated heterocycles. The van der Waals surface area contributed by atoms with Crippen LogP contribution in [0.1, 0.15) is 30.9 Å². The number of rotatable bonds is 4. The zero-order chi connectivity index (χ0) is 13.8. The van der Waals surface area contributed by atoms with Gasteiger partial charge in [0.25, 0.3) is 0 Å². The number of nitrogens with zero attached hydrogens (tertiary/aromatic N) is 1. The number of hydrogen-bond acceptors (Lipinski definition) is 4. The van der Waals surface area contributed by atoms with Crippen molar-refractivity contribution < 1.29 is 9.84 Å². The molecule has 2 rings (SSSR count). The van der Waals surface area contributed by atoms with Crippen molar-refractivity contribution in [3.05, 3.63) is 23.3 Å². The second-order valence-electron chi connectivity index (χ2n) is 5.41. The van der Waals surface area contributed by atoms with E-state index in [2.05, 4.69) is 30.1 Å². The number of ether oxygens (including phenoxy) is 1. The van der Waals surface area contributed by atoms with Crippen molar-refractivity contribution in [1.82, 2.24) is 10.2 Å². The topological polar surface area (TPSA) is 44.7 Å². The first-order chi connectivity index (χ1) is 9.11. The van der Waals surface area contributed by atoms with Crippen LogP contribution >= 0.6 is 0 Å². The number of piperazine rings is 1. The molecule has 4 nitrogen and oxygen atoms in total. The van der Waals surface area contributed by atoms with Gasteiger partial charge in [-0.2, -0.15) is 0 Å². The van der Waals surface area contributed by atoms with E-state index in [4.69, 9.17) is 4.74 Å². The Bertz CT molecular complexity index is 426. The van der Waals surface area contributed by atoms with E-state index in [1.165, 1.54) is 5.56 Å². The predicted molar refractivity (Wildman–Crippen MR) is 76.9 cm³/mol. The van der Waals surface area contributed by atoms with Crippen molar-refractivity contribution in [2.75, 3.05) is 33.3 Å². The molecule has 1 aliphatic rings. The number of methoxy groups -OCH3 is 1. The van der Waals surface area contributed by atoms with Crippen molar-refractivity contribution in [1.29, 1.82) is 0 Å². The minimum Gasteiger partial charge on any atom is -0.504 e. The van der Waals surface area contributed by atoms with Crippen molar-refractivity contribution in [2.24, 2.45) is 0 Å². The highest BCUT2D eigenvalue weighted by atomic mass is 16.5. The molecule has 0 amide bonds. The highest BCUT2D eigenvalue weighted by molar-refractivity contribution is 5.49. The lowest BCUT2D eigenvalue weighted by Gasteiger charge is -2.28. The zero-order valence-corrected chi connectivity index (χ0v) is 12.1. The van der Waals surface area contributed by atoms with Gasteiger partial charge in [0.15, 0.2) is 11.5 Å². The summed E-state index contributed by atoms with van der Waals surface area (Å²) in [6.07, 6.45) is 0. The molecular formula is C15H24N2O2. The Morgan fingerprint density at radius 1 is 1.32 bits per heavy atom. The summed E-state index contributed by atoms with van der Waals surface area (Å²) < 4.78 is 5.28. The molecule has 19 heavy (non-hydrogen) atoms. The van der Waals surface area contributed by atoms with Crippen LogP contribution in [0.5, 0.6) is 11.5 Å². The van der Waals surface area contributed by atoms with Crippen LogP contribution in [0.4, 0.5) is 0 Å². The van der Waals surface area contributed by atoms with Gasteiger partial charge in [0.05, 0.1) is 7.11 Å². The largest absolute Gasteiger partial charge is 0.504 e. The second-order valence-corrected chi connectivity index (χ2v) is 5.41. The van der Waals surface area contributed by atoms with Crippen LogP contribution in [-0.2, 0) is 6.54 Å². The van der Waals surface area contributed by atoms with Crippen LogP contribution in [0.3, 0.4) is 0 Å². The van der Waals surface area contributed by atoms with Crippen LogP contribution in [0.15, 0.2) is 12.1 Å². The molecular weight excluding hydrogens is 240 g/mol. The number of phenols is 1. The van der Waals surface area contributed by atoms with Crippen LogP contribution in [0.25, 0.3) is 0 Å². The van der Waals surface area contributed by atoms with Gasteiger partial charge in [-0.1, -0.05) is 19.9 Å². The van der Waals surface area contributed by atoms with Gasteiger partial charge < -0.3 is 15.2 Å². The lowest BCUT2D eigenvalue weighted by Crippen LogP contribution is -2.42. The van der Waals surface area contributed by atoms with E-state index in [1.807, 2.05) is 6.07 Å². The van der Waals surface area contributed by atoms with Gasteiger partial charge in [0.1, 0.15) is 0 Å². The zero-order valence-electron chi connectivity index (χ0n) is 12.1. The molecule has 0 radical (unpaired) electrons. The van der Waals surface area contributed by atoms with E-state index < -0.39 is 0 Å².